The maximum Gasteiger partial charge on any atom is 0.316 e. The molecule has 8 heteroatoms. The first kappa shape index (κ1) is 18.7. The lowest BCUT2D eigenvalue weighted by Gasteiger charge is -2.13. The number of aromatic nitrogens is 4. The highest BCUT2D eigenvalue weighted by Crippen LogP contribution is 2.25. The molecule has 1 N–H and O–H groups in total. The first-order valence-electron chi connectivity index (χ1n) is 9.28. The van der Waals surface area contributed by atoms with Crippen LogP contribution in [0.1, 0.15) is 38.8 Å². The fourth-order valence-electron chi connectivity index (χ4n) is 3.16. The summed E-state index contributed by atoms with van der Waals surface area (Å²) in [6.45, 7) is 5.53. The normalized spacial score (nSPS) is 12.4. The van der Waals surface area contributed by atoms with Crippen molar-refractivity contribution in [3.63, 3.8) is 0 Å². The minimum absolute atomic E-state index is 0.147. The number of nitrogens with zero attached hydrogens (tertiary/aromatic N) is 3. The highest BCUT2D eigenvalue weighted by molar-refractivity contribution is 5.80. The van der Waals surface area contributed by atoms with Gasteiger partial charge in [-0.1, -0.05) is 23.4 Å². The summed E-state index contributed by atoms with van der Waals surface area (Å²) < 4.78 is 12.6. The van der Waals surface area contributed by atoms with Crippen molar-refractivity contribution in [2.45, 2.75) is 32.9 Å². The Bertz CT molecular complexity index is 1270. The zero-order chi connectivity index (χ0) is 20.5. The van der Waals surface area contributed by atoms with Crippen LogP contribution < -0.4 is 15.9 Å². The van der Waals surface area contributed by atoms with Crippen molar-refractivity contribution in [3.05, 3.63) is 75.1 Å². The molecule has 2 aromatic heterocycles. The molecule has 0 saturated heterocycles. The van der Waals surface area contributed by atoms with Gasteiger partial charge in [0.15, 0.2) is 6.10 Å². The molecule has 0 aliphatic rings. The van der Waals surface area contributed by atoms with Crippen molar-refractivity contribution < 1.29 is 9.26 Å². The third kappa shape index (κ3) is 3.56. The van der Waals surface area contributed by atoms with Crippen LogP contribution in [-0.4, -0.2) is 19.7 Å². The molecule has 0 unspecified atom stereocenters. The number of rotatable bonds is 5. The van der Waals surface area contributed by atoms with Gasteiger partial charge in [-0.25, -0.2) is 0 Å². The van der Waals surface area contributed by atoms with Crippen molar-refractivity contribution in [1.29, 1.82) is 0 Å². The number of benzene rings is 2. The molecule has 148 valence electrons. The van der Waals surface area contributed by atoms with Gasteiger partial charge < -0.3 is 14.2 Å². The van der Waals surface area contributed by atoms with E-state index in [0.717, 1.165) is 0 Å². The number of H-pyrrole nitrogens is 1. The van der Waals surface area contributed by atoms with Crippen molar-refractivity contribution in [1.82, 2.24) is 19.7 Å². The molecule has 4 aromatic rings. The highest BCUT2D eigenvalue weighted by Gasteiger charge is 2.18. The van der Waals surface area contributed by atoms with Gasteiger partial charge in [-0.3, -0.25) is 14.2 Å². The van der Waals surface area contributed by atoms with E-state index in [2.05, 4.69) is 15.1 Å². The van der Waals surface area contributed by atoms with E-state index in [1.54, 1.807) is 18.2 Å². The van der Waals surface area contributed by atoms with Gasteiger partial charge in [0.05, 0.1) is 11.0 Å². The zero-order valence-electron chi connectivity index (χ0n) is 16.2. The van der Waals surface area contributed by atoms with E-state index in [0.29, 0.717) is 34.1 Å². The molecule has 0 bridgehead atoms. The first-order valence-corrected chi connectivity index (χ1v) is 9.28. The molecule has 0 spiro atoms. The molecule has 2 aromatic carbocycles. The fourth-order valence-corrected chi connectivity index (χ4v) is 3.16. The largest absolute Gasteiger partial charge is 0.481 e. The minimum Gasteiger partial charge on any atom is -0.481 e. The number of nitrogens with one attached hydrogen (secondary N) is 1. The van der Waals surface area contributed by atoms with E-state index in [1.165, 1.54) is 4.57 Å². The maximum atomic E-state index is 12.2. The summed E-state index contributed by atoms with van der Waals surface area (Å²) in [5.41, 5.74) is 0.582. The molecule has 2 heterocycles. The molecule has 29 heavy (non-hydrogen) atoms. The fraction of sp³-hybridized carbons (Fsp3) is 0.238. The summed E-state index contributed by atoms with van der Waals surface area (Å²) in [5.74, 6) is 1.41. The van der Waals surface area contributed by atoms with Crippen LogP contribution in [0.2, 0.25) is 0 Å². The summed E-state index contributed by atoms with van der Waals surface area (Å²) in [7, 11) is 0. The Morgan fingerprint density at radius 3 is 2.55 bits per heavy atom. The van der Waals surface area contributed by atoms with Gasteiger partial charge in [0.2, 0.25) is 5.82 Å². The number of hydrogen-bond donors (Lipinski definition) is 1. The molecule has 1 atom stereocenters. The van der Waals surface area contributed by atoms with Crippen molar-refractivity contribution in [2.75, 3.05) is 0 Å². The van der Waals surface area contributed by atoms with Crippen LogP contribution in [0.25, 0.3) is 22.4 Å². The van der Waals surface area contributed by atoms with Crippen LogP contribution >= 0.6 is 0 Å². The van der Waals surface area contributed by atoms with E-state index < -0.39 is 17.2 Å². The average molecular weight is 392 g/mol. The molecule has 8 nitrogen and oxygen atoms in total. The lowest BCUT2D eigenvalue weighted by Crippen LogP contribution is -2.37. The third-order valence-electron chi connectivity index (χ3n) is 4.54. The molecule has 0 amide bonds. The lowest BCUT2D eigenvalue weighted by molar-refractivity contribution is 0.176. The second-order valence-corrected chi connectivity index (χ2v) is 6.98. The lowest BCUT2D eigenvalue weighted by atomic mass is 10.1. The van der Waals surface area contributed by atoms with E-state index in [9.17, 15) is 9.59 Å². The predicted octanol–water partition coefficient (Wildman–Crippen LogP) is 3.46. The standard InChI is InChI=1S/C21H20N4O4/c1-12(2)25-17-10-9-14(11-16(17)22-19(26)21(25)27)18-23-20(29-24-18)13(3)28-15-7-5-4-6-8-15/h4-13H,1-3H3,(H,22,26)/t13-/m1/s1. The SMILES string of the molecule is CC(C)n1c(=O)c(=O)[nH]c2cc(-c3noc([C@@H](C)Oc4ccccc4)n3)ccc21. The van der Waals surface area contributed by atoms with Crippen LogP contribution in [-0.2, 0) is 0 Å². The van der Waals surface area contributed by atoms with Gasteiger partial charge in [-0.15, -0.1) is 0 Å². The maximum absolute atomic E-state index is 12.2. The van der Waals surface area contributed by atoms with Crippen LogP contribution in [0.15, 0.2) is 62.6 Å². The van der Waals surface area contributed by atoms with Crippen molar-refractivity contribution in [3.8, 4) is 17.1 Å². The summed E-state index contributed by atoms with van der Waals surface area (Å²) >= 11 is 0. The topological polar surface area (TPSA) is 103 Å². The van der Waals surface area contributed by atoms with Gasteiger partial charge in [-0.2, -0.15) is 4.98 Å². The Labute approximate surface area is 165 Å². The average Bonchev–Trinajstić information content (AvgIpc) is 3.19. The van der Waals surface area contributed by atoms with Crippen LogP contribution in [0.3, 0.4) is 0 Å². The number of ether oxygens (including phenoxy) is 1. The minimum atomic E-state index is -0.665. The van der Waals surface area contributed by atoms with Gasteiger partial charge in [0, 0.05) is 11.6 Å². The monoisotopic (exact) mass is 392 g/mol. The molecule has 0 aliphatic heterocycles. The number of hydrogen-bond acceptors (Lipinski definition) is 6. The number of para-hydroxylation sites is 1. The molecule has 0 aliphatic carbocycles. The van der Waals surface area contributed by atoms with Gasteiger partial charge in [-0.05, 0) is 51.1 Å². The second kappa shape index (κ2) is 7.38. The van der Waals surface area contributed by atoms with E-state index in [1.807, 2.05) is 51.1 Å². The van der Waals surface area contributed by atoms with Crippen LogP contribution in [0.4, 0.5) is 0 Å². The Balaban J connectivity index is 1.68. The molecule has 0 fully saturated rings. The van der Waals surface area contributed by atoms with E-state index >= 15 is 0 Å². The molecular formula is C21H20N4O4. The molecular weight excluding hydrogens is 372 g/mol. The number of fused-ring (bicyclic) bond motifs is 1. The third-order valence-corrected chi connectivity index (χ3v) is 4.54. The summed E-state index contributed by atoms with van der Waals surface area (Å²) in [5, 5.41) is 4.03. The quantitative estimate of drug-likeness (QED) is 0.522. The smallest absolute Gasteiger partial charge is 0.316 e. The first-order chi connectivity index (χ1) is 13.9. The Morgan fingerprint density at radius 2 is 1.83 bits per heavy atom. The summed E-state index contributed by atoms with van der Waals surface area (Å²) in [4.78, 5) is 31.2. The molecule has 0 radical (unpaired) electrons. The molecule has 0 saturated carbocycles. The summed E-state index contributed by atoms with van der Waals surface area (Å²) in [6, 6.07) is 14.5. The predicted molar refractivity (Wildman–Crippen MR) is 108 cm³/mol. The summed E-state index contributed by atoms with van der Waals surface area (Å²) in [6.07, 6.45) is -0.426. The van der Waals surface area contributed by atoms with Gasteiger partial charge in [0.25, 0.3) is 5.89 Å². The highest BCUT2D eigenvalue weighted by atomic mass is 16.5. The van der Waals surface area contributed by atoms with Gasteiger partial charge in [0.1, 0.15) is 5.75 Å². The molecule has 4 rings (SSSR count). The second-order valence-electron chi connectivity index (χ2n) is 6.98. The van der Waals surface area contributed by atoms with E-state index in [-0.39, 0.29) is 6.04 Å². The van der Waals surface area contributed by atoms with E-state index in [4.69, 9.17) is 9.26 Å². The van der Waals surface area contributed by atoms with Crippen molar-refractivity contribution >= 4 is 11.0 Å². The van der Waals surface area contributed by atoms with Crippen LogP contribution in [0.5, 0.6) is 5.75 Å². The van der Waals surface area contributed by atoms with Crippen LogP contribution in [0, 0.1) is 0 Å². The Hall–Kier alpha value is -3.68. The van der Waals surface area contributed by atoms with Crippen molar-refractivity contribution in [2.24, 2.45) is 0 Å². The Morgan fingerprint density at radius 1 is 1.07 bits per heavy atom. The Kier molecular flexibility index (Phi) is 4.75. The number of aromatic amines is 1. The van der Waals surface area contributed by atoms with Gasteiger partial charge >= 0.3 is 11.1 Å². The zero-order valence-corrected chi connectivity index (χ0v) is 16.2.